The van der Waals surface area contributed by atoms with Crippen LogP contribution in [0.2, 0.25) is 0 Å². The fourth-order valence-electron chi connectivity index (χ4n) is 5.78. The number of thioether (sulfide) groups is 1. The van der Waals surface area contributed by atoms with Crippen molar-refractivity contribution in [3.05, 3.63) is 117 Å². The van der Waals surface area contributed by atoms with Gasteiger partial charge in [-0.2, -0.15) is 4.98 Å². The molecule has 1 aliphatic rings. The Morgan fingerprint density at radius 2 is 1.52 bits per heavy atom. The number of aromatic nitrogens is 2. The van der Waals surface area contributed by atoms with Gasteiger partial charge in [0.25, 0.3) is 5.56 Å². The summed E-state index contributed by atoms with van der Waals surface area (Å²) < 4.78 is 42.2. The number of halogens is 3. The predicted molar refractivity (Wildman–Crippen MR) is 176 cm³/mol. The second kappa shape index (κ2) is 15.6. The molecule has 0 radical (unpaired) electrons. The maximum absolute atomic E-state index is 14.1. The standard InChI is InChI=1S/C36H39F3N4O2S/c1-3-41(4-2)18-19-42(22-26-10-15-29(16-11-26)28-13-8-25(21-37)9-14-28)34(44)23-43-33-7-5-6-30(33)35(45)40-36(43)46-24-27-12-17-31(38)32(39)20-27/h8-17,20H,3-7,18-19,21-24H2,1-2H3. The molecule has 1 aromatic heterocycles. The molecule has 1 aliphatic carbocycles. The quantitative estimate of drug-likeness (QED) is 0.111. The molecule has 0 atom stereocenters. The van der Waals surface area contributed by atoms with E-state index >= 15 is 0 Å². The number of alkyl halides is 1. The molecular weight excluding hydrogens is 609 g/mol. The number of hydrogen-bond acceptors (Lipinski definition) is 5. The average molecular weight is 649 g/mol. The van der Waals surface area contributed by atoms with E-state index in [2.05, 4.69) is 23.7 Å². The van der Waals surface area contributed by atoms with Crippen LogP contribution in [0.5, 0.6) is 0 Å². The number of amides is 1. The lowest BCUT2D eigenvalue weighted by Crippen LogP contribution is -2.40. The van der Waals surface area contributed by atoms with E-state index in [-0.39, 0.29) is 23.8 Å². The minimum Gasteiger partial charge on any atom is -0.336 e. The lowest BCUT2D eigenvalue weighted by molar-refractivity contribution is -0.132. The molecule has 0 aliphatic heterocycles. The third kappa shape index (κ3) is 8.09. The van der Waals surface area contributed by atoms with Crippen LogP contribution in [-0.4, -0.2) is 51.4 Å². The summed E-state index contributed by atoms with van der Waals surface area (Å²) in [5, 5.41) is 0.399. The van der Waals surface area contributed by atoms with Crippen molar-refractivity contribution in [2.24, 2.45) is 0 Å². The number of carbonyl (C=O) groups is 1. The maximum Gasteiger partial charge on any atom is 0.277 e. The molecule has 0 unspecified atom stereocenters. The van der Waals surface area contributed by atoms with E-state index in [1.807, 2.05) is 45.9 Å². The summed E-state index contributed by atoms with van der Waals surface area (Å²) in [6.45, 7) is 7.12. The number of rotatable bonds is 14. The van der Waals surface area contributed by atoms with Gasteiger partial charge in [0.15, 0.2) is 16.8 Å². The van der Waals surface area contributed by atoms with Gasteiger partial charge in [0.2, 0.25) is 5.91 Å². The average Bonchev–Trinajstić information content (AvgIpc) is 3.58. The monoisotopic (exact) mass is 648 g/mol. The highest BCUT2D eigenvalue weighted by Gasteiger charge is 2.25. The molecule has 1 heterocycles. The van der Waals surface area contributed by atoms with E-state index in [1.54, 1.807) is 12.1 Å². The van der Waals surface area contributed by atoms with Gasteiger partial charge < -0.3 is 14.4 Å². The van der Waals surface area contributed by atoms with Crippen LogP contribution in [0, 0.1) is 11.6 Å². The molecule has 3 aromatic carbocycles. The van der Waals surface area contributed by atoms with Crippen molar-refractivity contribution >= 4 is 17.7 Å². The van der Waals surface area contributed by atoms with Crippen molar-refractivity contribution < 1.29 is 18.0 Å². The van der Waals surface area contributed by atoms with Gasteiger partial charge in [-0.15, -0.1) is 0 Å². The van der Waals surface area contributed by atoms with Crippen molar-refractivity contribution in [1.82, 2.24) is 19.4 Å². The van der Waals surface area contributed by atoms with E-state index in [1.165, 1.54) is 17.8 Å². The summed E-state index contributed by atoms with van der Waals surface area (Å²) in [5.74, 6) is -1.67. The first-order chi connectivity index (χ1) is 22.3. The first kappa shape index (κ1) is 33.5. The molecule has 1 amide bonds. The van der Waals surface area contributed by atoms with Crippen molar-refractivity contribution in [2.75, 3.05) is 26.2 Å². The van der Waals surface area contributed by atoms with Gasteiger partial charge in [-0.05, 0) is 72.3 Å². The van der Waals surface area contributed by atoms with Gasteiger partial charge in [-0.1, -0.05) is 80.2 Å². The van der Waals surface area contributed by atoms with Crippen molar-refractivity contribution in [3.8, 4) is 11.1 Å². The van der Waals surface area contributed by atoms with E-state index in [0.717, 1.165) is 60.6 Å². The number of likely N-dealkylation sites (N-methyl/N-ethyl adjacent to an activating group) is 1. The van der Waals surface area contributed by atoms with Gasteiger partial charge in [0, 0.05) is 36.6 Å². The van der Waals surface area contributed by atoms with Crippen molar-refractivity contribution in [3.63, 3.8) is 0 Å². The maximum atomic E-state index is 14.1. The second-order valence-electron chi connectivity index (χ2n) is 11.5. The van der Waals surface area contributed by atoms with Crippen molar-refractivity contribution in [2.45, 2.75) is 63.8 Å². The van der Waals surface area contributed by atoms with Crippen LogP contribution in [0.1, 0.15) is 48.2 Å². The normalized spacial score (nSPS) is 12.5. The smallest absolute Gasteiger partial charge is 0.277 e. The van der Waals surface area contributed by atoms with Crippen LogP contribution in [-0.2, 0) is 43.2 Å². The Kier molecular flexibility index (Phi) is 11.4. The van der Waals surface area contributed by atoms with E-state index < -0.39 is 18.3 Å². The molecule has 0 fully saturated rings. The van der Waals surface area contributed by atoms with Crippen LogP contribution < -0.4 is 5.56 Å². The van der Waals surface area contributed by atoms with Gasteiger partial charge in [-0.25, -0.2) is 13.2 Å². The topological polar surface area (TPSA) is 58.4 Å². The summed E-state index contributed by atoms with van der Waals surface area (Å²) >= 11 is 1.24. The molecule has 0 bridgehead atoms. The van der Waals surface area contributed by atoms with Crippen LogP contribution >= 0.6 is 11.8 Å². The highest BCUT2D eigenvalue weighted by molar-refractivity contribution is 7.98. The third-order valence-corrected chi connectivity index (χ3v) is 9.60. The Balaban J connectivity index is 1.38. The second-order valence-corrected chi connectivity index (χ2v) is 12.4. The highest BCUT2D eigenvalue weighted by Crippen LogP contribution is 2.27. The molecule has 4 aromatic rings. The van der Waals surface area contributed by atoms with Crippen LogP contribution in [0.4, 0.5) is 13.2 Å². The summed E-state index contributed by atoms with van der Waals surface area (Å²) in [7, 11) is 0. The van der Waals surface area contributed by atoms with E-state index in [4.69, 9.17) is 0 Å². The Bertz CT molecular complexity index is 1710. The first-order valence-corrected chi connectivity index (χ1v) is 16.7. The Morgan fingerprint density at radius 3 is 2.15 bits per heavy atom. The Labute approximate surface area is 272 Å². The van der Waals surface area contributed by atoms with Gasteiger partial charge in [-0.3, -0.25) is 9.59 Å². The SMILES string of the molecule is CCN(CC)CCN(Cc1ccc(-c2ccc(CF)cc2)cc1)C(=O)Cn1c(SCc2ccc(F)c(F)c2)nc(=O)c2c1CCC2. The van der Waals surface area contributed by atoms with Gasteiger partial charge >= 0.3 is 0 Å². The zero-order chi connectivity index (χ0) is 32.6. The highest BCUT2D eigenvalue weighted by atomic mass is 32.2. The summed E-state index contributed by atoms with van der Waals surface area (Å²) in [5.41, 5.74) is 5.35. The number of hydrogen-bond donors (Lipinski definition) is 0. The molecule has 0 spiro atoms. The summed E-state index contributed by atoms with van der Waals surface area (Å²) in [6.07, 6.45) is 2.11. The first-order valence-electron chi connectivity index (χ1n) is 15.7. The Hall–Kier alpha value is -3.89. The fraction of sp³-hybridized carbons (Fsp3) is 0.361. The van der Waals surface area contributed by atoms with E-state index in [0.29, 0.717) is 47.8 Å². The number of benzene rings is 3. The fourth-order valence-corrected chi connectivity index (χ4v) is 6.73. The Morgan fingerprint density at radius 1 is 0.870 bits per heavy atom. The predicted octanol–water partition coefficient (Wildman–Crippen LogP) is 6.81. The third-order valence-electron chi connectivity index (χ3n) is 8.55. The number of carbonyl (C=O) groups excluding carboxylic acids is 1. The number of nitrogens with zero attached hydrogens (tertiary/aromatic N) is 4. The molecule has 46 heavy (non-hydrogen) atoms. The zero-order valence-electron chi connectivity index (χ0n) is 26.3. The lowest BCUT2D eigenvalue weighted by atomic mass is 10.0. The molecule has 10 heteroatoms. The van der Waals surface area contributed by atoms with Gasteiger partial charge in [0.05, 0.1) is 0 Å². The summed E-state index contributed by atoms with van der Waals surface area (Å²) in [6, 6.07) is 19.2. The van der Waals surface area contributed by atoms with E-state index in [9.17, 15) is 22.8 Å². The molecule has 0 saturated heterocycles. The molecule has 0 N–H and O–H groups in total. The number of fused-ring (bicyclic) bond motifs is 1. The molecule has 5 rings (SSSR count). The molecule has 0 saturated carbocycles. The van der Waals surface area contributed by atoms with Gasteiger partial charge in [0.1, 0.15) is 13.2 Å². The largest absolute Gasteiger partial charge is 0.336 e. The van der Waals surface area contributed by atoms with Crippen LogP contribution in [0.25, 0.3) is 11.1 Å². The molecular formula is C36H39F3N4O2S. The van der Waals surface area contributed by atoms with Crippen LogP contribution in [0.3, 0.4) is 0 Å². The van der Waals surface area contributed by atoms with Crippen LogP contribution in [0.15, 0.2) is 76.7 Å². The van der Waals surface area contributed by atoms with Crippen molar-refractivity contribution in [1.29, 1.82) is 0 Å². The minimum atomic E-state index is -0.931. The molecule has 242 valence electrons. The minimum absolute atomic E-state index is 0.0208. The summed E-state index contributed by atoms with van der Waals surface area (Å²) in [4.78, 5) is 35.5. The zero-order valence-corrected chi connectivity index (χ0v) is 27.1. The lowest BCUT2D eigenvalue weighted by Gasteiger charge is -2.28. The molecule has 6 nitrogen and oxygen atoms in total.